The smallest absolute Gasteiger partial charge is 0.243 e. The van der Waals surface area contributed by atoms with Crippen LogP contribution in [0.2, 0.25) is 0 Å². The Morgan fingerprint density at radius 3 is 2.60 bits per heavy atom. The van der Waals surface area contributed by atoms with E-state index in [0.29, 0.717) is 31.3 Å². The Morgan fingerprint density at radius 2 is 1.84 bits per heavy atom. The van der Waals surface area contributed by atoms with Gasteiger partial charge in [0.1, 0.15) is 19.0 Å². The van der Waals surface area contributed by atoms with Crippen molar-refractivity contribution in [2.45, 2.75) is 18.4 Å². The van der Waals surface area contributed by atoms with E-state index in [-0.39, 0.29) is 11.4 Å². The van der Waals surface area contributed by atoms with Gasteiger partial charge in [-0.05, 0) is 36.8 Å². The van der Waals surface area contributed by atoms with Crippen LogP contribution in [-0.4, -0.2) is 39.6 Å². The van der Waals surface area contributed by atoms with Crippen molar-refractivity contribution >= 4 is 10.0 Å². The Labute approximate surface area is 148 Å². The number of hydrogen-bond acceptors (Lipinski definition) is 5. The van der Waals surface area contributed by atoms with Gasteiger partial charge in [0.05, 0.1) is 11.5 Å². The molecule has 0 N–H and O–H groups in total. The quantitative estimate of drug-likeness (QED) is 0.789. The van der Waals surface area contributed by atoms with Crippen molar-refractivity contribution in [1.29, 1.82) is 0 Å². The molecule has 0 fully saturated rings. The molecule has 0 atom stereocenters. The zero-order chi connectivity index (χ0) is 17.9. The third-order valence-corrected chi connectivity index (χ3v) is 5.64. The van der Waals surface area contributed by atoms with Gasteiger partial charge in [-0.25, -0.2) is 8.42 Å². The molecule has 0 bridgehead atoms. The second-order valence-electron chi connectivity index (χ2n) is 5.65. The average molecular weight is 363 g/mol. The normalized spacial score (nSPS) is 13.7. The van der Waals surface area contributed by atoms with Crippen molar-refractivity contribution in [3.8, 4) is 17.2 Å². The number of ether oxygens (including phenoxy) is 3. The Morgan fingerprint density at radius 1 is 1.08 bits per heavy atom. The minimum atomic E-state index is -3.64. The van der Waals surface area contributed by atoms with Crippen molar-refractivity contribution in [3.05, 3.63) is 48.0 Å². The number of fused-ring (bicyclic) bond motifs is 1. The summed E-state index contributed by atoms with van der Waals surface area (Å²) >= 11 is 0. The van der Waals surface area contributed by atoms with Crippen LogP contribution in [0.4, 0.5) is 0 Å². The highest BCUT2D eigenvalue weighted by Crippen LogP contribution is 2.33. The summed E-state index contributed by atoms with van der Waals surface area (Å²) in [4.78, 5) is 0.181. The molecule has 134 valence electrons. The molecule has 0 spiro atoms. The van der Waals surface area contributed by atoms with Crippen molar-refractivity contribution in [3.63, 3.8) is 0 Å². The van der Waals surface area contributed by atoms with Crippen LogP contribution < -0.4 is 14.2 Å². The van der Waals surface area contributed by atoms with E-state index in [9.17, 15) is 8.42 Å². The largest absolute Gasteiger partial charge is 0.494 e. The van der Waals surface area contributed by atoms with E-state index in [1.54, 1.807) is 13.1 Å². The van der Waals surface area contributed by atoms with E-state index in [2.05, 4.69) is 0 Å². The van der Waals surface area contributed by atoms with Crippen LogP contribution in [0.25, 0.3) is 0 Å². The van der Waals surface area contributed by atoms with Gasteiger partial charge in [0.15, 0.2) is 11.5 Å². The summed E-state index contributed by atoms with van der Waals surface area (Å²) < 4.78 is 43.3. The summed E-state index contributed by atoms with van der Waals surface area (Å²) in [6.07, 6.45) is 0. The number of rotatable bonds is 6. The van der Waals surface area contributed by atoms with E-state index in [0.717, 1.165) is 11.3 Å². The van der Waals surface area contributed by atoms with Crippen molar-refractivity contribution in [2.75, 3.05) is 26.9 Å². The molecule has 6 nitrogen and oxygen atoms in total. The van der Waals surface area contributed by atoms with Gasteiger partial charge in [-0.3, -0.25) is 0 Å². The number of hydrogen-bond donors (Lipinski definition) is 0. The van der Waals surface area contributed by atoms with Crippen LogP contribution in [0.1, 0.15) is 12.5 Å². The molecule has 1 heterocycles. The molecule has 2 aromatic rings. The first-order valence-electron chi connectivity index (χ1n) is 8.08. The van der Waals surface area contributed by atoms with Gasteiger partial charge in [-0.1, -0.05) is 12.1 Å². The first-order valence-corrected chi connectivity index (χ1v) is 9.52. The lowest BCUT2D eigenvalue weighted by molar-refractivity contribution is 0.171. The van der Waals surface area contributed by atoms with Gasteiger partial charge in [0, 0.05) is 19.7 Å². The number of sulfonamides is 1. The Kier molecular flexibility index (Phi) is 5.15. The zero-order valence-electron chi connectivity index (χ0n) is 14.3. The van der Waals surface area contributed by atoms with Crippen LogP contribution in [0, 0.1) is 0 Å². The predicted octanol–water partition coefficient (Wildman–Crippen LogP) is 2.68. The van der Waals surface area contributed by atoms with Crippen LogP contribution in [0.5, 0.6) is 17.2 Å². The van der Waals surface area contributed by atoms with Gasteiger partial charge in [-0.15, -0.1) is 0 Å². The highest BCUT2D eigenvalue weighted by molar-refractivity contribution is 7.89. The minimum absolute atomic E-state index is 0.181. The summed E-state index contributed by atoms with van der Waals surface area (Å²) in [7, 11) is -2.08. The number of benzene rings is 2. The summed E-state index contributed by atoms with van der Waals surface area (Å²) in [6, 6.07) is 12.1. The highest BCUT2D eigenvalue weighted by Gasteiger charge is 2.24. The SMILES string of the molecule is CCOc1cccc(CN(C)S(=O)(=O)c2ccc3c(c2)OCCO3)c1. The maximum absolute atomic E-state index is 12.8. The number of nitrogens with zero attached hydrogens (tertiary/aromatic N) is 1. The molecule has 3 rings (SSSR count). The van der Waals surface area contributed by atoms with Gasteiger partial charge in [0.25, 0.3) is 0 Å². The molecule has 2 aromatic carbocycles. The van der Waals surface area contributed by atoms with Crippen molar-refractivity contribution in [2.24, 2.45) is 0 Å². The first kappa shape index (κ1) is 17.6. The predicted molar refractivity (Wildman–Crippen MR) is 93.7 cm³/mol. The van der Waals surface area contributed by atoms with E-state index < -0.39 is 10.0 Å². The molecule has 0 saturated heterocycles. The Hall–Kier alpha value is -2.25. The van der Waals surface area contributed by atoms with Gasteiger partial charge in [-0.2, -0.15) is 4.31 Å². The fourth-order valence-corrected chi connectivity index (χ4v) is 3.78. The van der Waals surface area contributed by atoms with Gasteiger partial charge >= 0.3 is 0 Å². The molecule has 0 aromatic heterocycles. The lowest BCUT2D eigenvalue weighted by atomic mass is 10.2. The summed E-state index contributed by atoms with van der Waals surface area (Å²) in [5.74, 6) is 1.75. The first-order chi connectivity index (χ1) is 12.0. The highest BCUT2D eigenvalue weighted by atomic mass is 32.2. The van der Waals surface area contributed by atoms with Gasteiger partial charge in [0.2, 0.25) is 10.0 Å². The lowest BCUT2D eigenvalue weighted by Crippen LogP contribution is -2.26. The molecule has 0 radical (unpaired) electrons. The third kappa shape index (κ3) is 3.88. The zero-order valence-corrected chi connectivity index (χ0v) is 15.1. The molecular formula is C18H21NO5S. The van der Waals surface area contributed by atoms with Crippen molar-refractivity contribution < 1.29 is 22.6 Å². The van der Waals surface area contributed by atoms with Crippen molar-refractivity contribution in [1.82, 2.24) is 4.31 Å². The molecule has 1 aliphatic rings. The Bertz CT molecular complexity index is 850. The topological polar surface area (TPSA) is 65.1 Å². The van der Waals surface area contributed by atoms with Crippen LogP contribution in [-0.2, 0) is 16.6 Å². The third-order valence-electron chi connectivity index (χ3n) is 3.84. The average Bonchev–Trinajstić information content (AvgIpc) is 2.62. The molecule has 0 amide bonds. The lowest BCUT2D eigenvalue weighted by Gasteiger charge is -2.21. The Balaban J connectivity index is 1.81. The molecular weight excluding hydrogens is 342 g/mol. The van der Waals surface area contributed by atoms with Crippen LogP contribution in [0.3, 0.4) is 0 Å². The minimum Gasteiger partial charge on any atom is -0.494 e. The molecule has 7 heteroatoms. The summed E-state index contributed by atoms with van der Waals surface area (Å²) in [5.41, 5.74) is 0.856. The van der Waals surface area contributed by atoms with E-state index in [1.165, 1.54) is 16.4 Å². The molecule has 25 heavy (non-hydrogen) atoms. The maximum Gasteiger partial charge on any atom is 0.243 e. The molecule has 0 unspecified atom stereocenters. The second kappa shape index (κ2) is 7.33. The fraction of sp³-hybridized carbons (Fsp3) is 0.333. The van der Waals surface area contributed by atoms with Crippen LogP contribution in [0.15, 0.2) is 47.4 Å². The summed E-state index contributed by atoms with van der Waals surface area (Å²) in [5, 5.41) is 0. The molecule has 0 saturated carbocycles. The standard InChI is InChI=1S/C18H21NO5S/c1-3-22-15-6-4-5-14(11-15)13-19(2)25(20,21)16-7-8-17-18(12-16)24-10-9-23-17/h4-8,11-12H,3,9-10,13H2,1-2H3. The fourth-order valence-electron chi connectivity index (χ4n) is 2.61. The van der Waals surface area contributed by atoms with Crippen LogP contribution >= 0.6 is 0 Å². The second-order valence-corrected chi connectivity index (χ2v) is 7.69. The monoisotopic (exact) mass is 363 g/mol. The van der Waals surface area contributed by atoms with E-state index in [1.807, 2.05) is 31.2 Å². The van der Waals surface area contributed by atoms with E-state index >= 15 is 0 Å². The molecule has 0 aliphatic carbocycles. The van der Waals surface area contributed by atoms with E-state index in [4.69, 9.17) is 14.2 Å². The van der Waals surface area contributed by atoms with Gasteiger partial charge < -0.3 is 14.2 Å². The summed E-state index contributed by atoms with van der Waals surface area (Å²) in [6.45, 7) is 3.60. The molecule has 1 aliphatic heterocycles. The maximum atomic E-state index is 12.8.